The van der Waals surface area contributed by atoms with Gasteiger partial charge in [-0.3, -0.25) is 4.79 Å². The molecule has 0 aromatic heterocycles. The number of benzene rings is 4. The quantitative estimate of drug-likeness (QED) is 0.0812. The van der Waals surface area contributed by atoms with Gasteiger partial charge in [0.15, 0.2) is 11.5 Å². The van der Waals surface area contributed by atoms with Crippen molar-refractivity contribution in [3.8, 4) is 11.5 Å². The van der Waals surface area contributed by atoms with Crippen molar-refractivity contribution in [2.24, 2.45) is 5.10 Å². The molecule has 1 N–H and O–H groups in total. The van der Waals surface area contributed by atoms with Crippen LogP contribution < -0.4 is 14.9 Å². The van der Waals surface area contributed by atoms with Crippen molar-refractivity contribution < 1.29 is 19.1 Å². The van der Waals surface area contributed by atoms with Crippen LogP contribution in [0.5, 0.6) is 11.5 Å². The first-order valence-corrected chi connectivity index (χ1v) is 12.6. The molecule has 4 aromatic rings. The van der Waals surface area contributed by atoms with Crippen LogP contribution in [0.15, 0.2) is 88.4 Å². The minimum absolute atomic E-state index is 0.268. The van der Waals surface area contributed by atoms with Gasteiger partial charge in [-0.1, -0.05) is 42.5 Å². The molecule has 0 aliphatic carbocycles. The molecule has 0 spiro atoms. The number of hydrogen-bond donors (Lipinski definition) is 1. The molecule has 0 radical (unpaired) electrons. The number of nitrogens with one attached hydrogen (secondary N) is 1. The summed E-state index contributed by atoms with van der Waals surface area (Å²) < 4.78 is 13.0. The zero-order chi connectivity index (χ0) is 24.8. The van der Waals surface area contributed by atoms with Gasteiger partial charge in [-0.25, -0.2) is 10.2 Å². The number of carbonyl (C=O) groups excluding carboxylic acids is 2. The second-order valence-electron chi connectivity index (χ2n) is 7.39. The average Bonchev–Trinajstić information content (AvgIpc) is 2.85. The minimum Gasteiger partial charge on any atom is -0.490 e. The summed E-state index contributed by atoms with van der Waals surface area (Å²) in [6.45, 7) is 2.21. The summed E-state index contributed by atoms with van der Waals surface area (Å²) in [6, 6.07) is 23.8. The maximum Gasteiger partial charge on any atom is 0.344 e. The molecule has 0 aliphatic rings. The SMILES string of the molecule is CCOc1cc(/C=N\NC(=O)c2cccc(I)c2)cc(Br)c1OC(=O)c1cccc2ccccc12. The normalized spacial score (nSPS) is 10.9. The minimum atomic E-state index is -0.491. The number of amides is 1. The number of hydrogen-bond acceptors (Lipinski definition) is 5. The Morgan fingerprint density at radius 3 is 2.60 bits per heavy atom. The zero-order valence-electron chi connectivity index (χ0n) is 18.6. The fraction of sp³-hybridized carbons (Fsp3) is 0.0741. The van der Waals surface area contributed by atoms with E-state index in [1.54, 1.807) is 30.3 Å². The Morgan fingerprint density at radius 1 is 1.03 bits per heavy atom. The number of ether oxygens (including phenoxy) is 2. The van der Waals surface area contributed by atoms with E-state index in [2.05, 4.69) is 49.0 Å². The van der Waals surface area contributed by atoms with Crippen LogP contribution in [0.2, 0.25) is 0 Å². The third kappa shape index (κ3) is 6.07. The first-order valence-electron chi connectivity index (χ1n) is 10.7. The molecule has 0 aliphatic heterocycles. The number of halogens is 2. The summed E-state index contributed by atoms with van der Waals surface area (Å²) in [6.07, 6.45) is 1.50. The molecule has 35 heavy (non-hydrogen) atoms. The van der Waals surface area contributed by atoms with Gasteiger partial charge in [-0.05, 0) is 98.2 Å². The molecule has 8 heteroatoms. The van der Waals surface area contributed by atoms with E-state index in [4.69, 9.17) is 9.47 Å². The lowest BCUT2D eigenvalue weighted by atomic mass is 10.0. The molecule has 0 fully saturated rings. The van der Waals surface area contributed by atoms with Crippen LogP contribution in [-0.4, -0.2) is 24.7 Å². The first-order chi connectivity index (χ1) is 17.0. The van der Waals surface area contributed by atoms with E-state index in [1.807, 2.05) is 55.5 Å². The van der Waals surface area contributed by atoms with Crippen molar-refractivity contribution in [3.63, 3.8) is 0 Å². The van der Waals surface area contributed by atoms with E-state index in [1.165, 1.54) is 6.21 Å². The Kier molecular flexibility index (Phi) is 8.14. The van der Waals surface area contributed by atoms with Crippen LogP contribution >= 0.6 is 38.5 Å². The van der Waals surface area contributed by atoms with Gasteiger partial charge in [0.2, 0.25) is 0 Å². The van der Waals surface area contributed by atoms with Crippen molar-refractivity contribution in [3.05, 3.63) is 104 Å². The highest BCUT2D eigenvalue weighted by Crippen LogP contribution is 2.37. The van der Waals surface area contributed by atoms with E-state index in [9.17, 15) is 9.59 Å². The number of rotatable bonds is 7. The first kappa shape index (κ1) is 24.9. The fourth-order valence-electron chi connectivity index (χ4n) is 3.44. The maximum absolute atomic E-state index is 13.1. The molecule has 0 unspecified atom stereocenters. The van der Waals surface area contributed by atoms with Crippen LogP contribution in [0.25, 0.3) is 10.8 Å². The lowest BCUT2D eigenvalue weighted by Crippen LogP contribution is -2.17. The number of esters is 1. The Bertz CT molecular complexity index is 1430. The zero-order valence-corrected chi connectivity index (χ0v) is 22.4. The summed E-state index contributed by atoms with van der Waals surface area (Å²) in [5.41, 5.74) is 4.14. The Balaban J connectivity index is 1.55. The molecular weight excluding hydrogens is 623 g/mol. The Hall–Kier alpha value is -3.24. The van der Waals surface area contributed by atoms with E-state index in [0.717, 1.165) is 14.3 Å². The summed E-state index contributed by atoms with van der Waals surface area (Å²) in [4.78, 5) is 25.4. The van der Waals surface area contributed by atoms with Crippen molar-refractivity contribution in [1.29, 1.82) is 0 Å². The number of carbonyl (C=O) groups is 2. The number of nitrogens with zero attached hydrogens (tertiary/aromatic N) is 1. The molecule has 6 nitrogen and oxygen atoms in total. The van der Waals surface area contributed by atoms with E-state index < -0.39 is 5.97 Å². The average molecular weight is 643 g/mol. The Morgan fingerprint density at radius 2 is 1.80 bits per heavy atom. The predicted octanol–water partition coefficient (Wildman–Crippen LogP) is 6.59. The Labute approximate surface area is 224 Å². The lowest BCUT2D eigenvalue weighted by Gasteiger charge is -2.14. The van der Waals surface area contributed by atoms with Crippen LogP contribution in [0, 0.1) is 3.57 Å². The van der Waals surface area contributed by atoms with Crippen LogP contribution in [-0.2, 0) is 0 Å². The van der Waals surface area contributed by atoms with E-state index in [-0.39, 0.29) is 11.7 Å². The highest BCUT2D eigenvalue weighted by molar-refractivity contribution is 14.1. The van der Waals surface area contributed by atoms with Gasteiger partial charge in [0.1, 0.15) is 0 Å². The van der Waals surface area contributed by atoms with Gasteiger partial charge in [0.25, 0.3) is 5.91 Å². The van der Waals surface area contributed by atoms with Crippen molar-refractivity contribution in [2.45, 2.75) is 6.92 Å². The van der Waals surface area contributed by atoms with E-state index in [0.29, 0.717) is 33.5 Å². The number of fused-ring (bicyclic) bond motifs is 1. The maximum atomic E-state index is 13.1. The molecule has 0 saturated heterocycles. The van der Waals surface area contributed by atoms with Gasteiger partial charge in [0.05, 0.1) is 22.9 Å². The van der Waals surface area contributed by atoms with Crippen molar-refractivity contribution in [2.75, 3.05) is 6.61 Å². The van der Waals surface area contributed by atoms with Gasteiger partial charge >= 0.3 is 5.97 Å². The van der Waals surface area contributed by atoms with Crippen molar-refractivity contribution in [1.82, 2.24) is 5.43 Å². The standard InChI is InChI=1S/C27H20BrIN2O4/c1-2-34-24-14-17(16-30-31-26(32)19-9-5-10-20(29)15-19)13-23(28)25(24)35-27(33)22-12-6-8-18-7-3-4-11-21(18)22/h3-16H,2H2,1H3,(H,31,32)/b30-16-. The van der Waals surface area contributed by atoms with E-state index >= 15 is 0 Å². The van der Waals surface area contributed by atoms with Gasteiger partial charge in [0, 0.05) is 9.13 Å². The summed E-state index contributed by atoms with van der Waals surface area (Å²) in [5, 5.41) is 5.81. The molecule has 0 heterocycles. The molecule has 0 saturated carbocycles. The third-order valence-corrected chi connectivity index (χ3v) is 6.26. The lowest BCUT2D eigenvalue weighted by molar-refractivity contribution is 0.0729. The molecule has 1 amide bonds. The summed E-state index contributed by atoms with van der Waals surface area (Å²) in [7, 11) is 0. The van der Waals surface area contributed by atoms with Crippen LogP contribution in [0.4, 0.5) is 0 Å². The molecular formula is C27H20BrIN2O4. The van der Waals surface area contributed by atoms with Crippen LogP contribution in [0.1, 0.15) is 33.2 Å². The topological polar surface area (TPSA) is 77.0 Å². The second-order valence-corrected chi connectivity index (χ2v) is 9.49. The number of hydrazone groups is 1. The second kappa shape index (κ2) is 11.5. The summed E-state index contributed by atoms with van der Waals surface area (Å²) >= 11 is 5.62. The molecule has 0 atom stereocenters. The fourth-order valence-corrected chi connectivity index (χ4v) is 4.52. The summed E-state index contributed by atoms with van der Waals surface area (Å²) in [5.74, 6) is -0.162. The van der Waals surface area contributed by atoms with Gasteiger partial charge in [-0.2, -0.15) is 5.10 Å². The predicted molar refractivity (Wildman–Crippen MR) is 148 cm³/mol. The highest BCUT2D eigenvalue weighted by Gasteiger charge is 2.19. The smallest absolute Gasteiger partial charge is 0.344 e. The molecule has 4 aromatic carbocycles. The monoisotopic (exact) mass is 642 g/mol. The molecule has 0 bridgehead atoms. The van der Waals surface area contributed by atoms with Gasteiger partial charge in [-0.15, -0.1) is 0 Å². The largest absolute Gasteiger partial charge is 0.490 e. The highest BCUT2D eigenvalue weighted by atomic mass is 127. The molecule has 176 valence electrons. The molecule has 4 rings (SSSR count). The third-order valence-electron chi connectivity index (χ3n) is 5.00. The van der Waals surface area contributed by atoms with Crippen LogP contribution in [0.3, 0.4) is 0 Å². The van der Waals surface area contributed by atoms with Crippen molar-refractivity contribution >= 4 is 67.4 Å². The van der Waals surface area contributed by atoms with Gasteiger partial charge < -0.3 is 9.47 Å².